The quantitative estimate of drug-likeness (QED) is 0.322. The number of carbonyl (C=O) groups is 2. The van der Waals surface area contributed by atoms with Crippen molar-refractivity contribution < 1.29 is 24.0 Å². The topological polar surface area (TPSA) is 99.0 Å². The van der Waals surface area contributed by atoms with E-state index in [2.05, 4.69) is 0 Å². The summed E-state index contributed by atoms with van der Waals surface area (Å²) in [4.78, 5) is 36.7. The van der Waals surface area contributed by atoms with Gasteiger partial charge in [-0.25, -0.2) is 0 Å². The molecule has 1 atom stereocenters. The van der Waals surface area contributed by atoms with Crippen molar-refractivity contribution in [3.63, 3.8) is 0 Å². The molecule has 0 aromatic heterocycles. The second-order valence-corrected chi connectivity index (χ2v) is 7.92. The number of non-ortho nitro benzene ring substituents is 1. The van der Waals surface area contributed by atoms with Crippen LogP contribution in [-0.4, -0.2) is 34.1 Å². The Morgan fingerprint density at radius 1 is 1.16 bits per heavy atom. The monoisotopic (exact) mass is 442 g/mol. The van der Waals surface area contributed by atoms with E-state index in [1.165, 1.54) is 24.1 Å². The maximum atomic E-state index is 12.6. The Hall–Kier alpha value is -3.33. The van der Waals surface area contributed by atoms with Gasteiger partial charge in [0.25, 0.3) is 16.8 Å². The standard InChI is InChI=1S/C22H22N2O6S/c1-4-14(2)23-21(25)20(31-22(23)26)12-16-7-10-18(19(11-16)29-3)30-13-15-5-8-17(9-6-15)24(27)28/h5-12,14H,4,13H2,1-3H3/b20-12+/t14-/m1/s1. The Bertz CT molecular complexity index is 1030. The summed E-state index contributed by atoms with van der Waals surface area (Å²) in [6.45, 7) is 3.98. The van der Waals surface area contributed by atoms with Crippen LogP contribution >= 0.6 is 11.8 Å². The number of nitrogens with zero attached hydrogens (tertiary/aromatic N) is 2. The smallest absolute Gasteiger partial charge is 0.293 e. The van der Waals surface area contributed by atoms with Gasteiger partial charge in [-0.2, -0.15) is 0 Å². The van der Waals surface area contributed by atoms with Crippen molar-refractivity contribution in [2.24, 2.45) is 0 Å². The first-order chi connectivity index (χ1) is 14.8. The number of hydrogen-bond donors (Lipinski definition) is 0. The van der Waals surface area contributed by atoms with Crippen molar-refractivity contribution in [3.05, 3.63) is 68.6 Å². The van der Waals surface area contributed by atoms with Crippen LogP contribution in [0.1, 0.15) is 31.4 Å². The molecule has 2 amide bonds. The Kier molecular flexibility index (Phi) is 6.96. The predicted molar refractivity (Wildman–Crippen MR) is 118 cm³/mol. The van der Waals surface area contributed by atoms with Crippen LogP contribution in [0.3, 0.4) is 0 Å². The number of methoxy groups -OCH3 is 1. The van der Waals surface area contributed by atoms with Gasteiger partial charge in [-0.1, -0.05) is 13.0 Å². The molecule has 3 rings (SSSR count). The van der Waals surface area contributed by atoms with E-state index in [0.29, 0.717) is 28.4 Å². The maximum absolute atomic E-state index is 12.6. The van der Waals surface area contributed by atoms with Gasteiger partial charge >= 0.3 is 0 Å². The summed E-state index contributed by atoms with van der Waals surface area (Å²) < 4.78 is 11.2. The molecule has 1 heterocycles. The van der Waals surface area contributed by atoms with Gasteiger partial charge in [-0.15, -0.1) is 0 Å². The minimum atomic E-state index is -0.454. The van der Waals surface area contributed by atoms with Gasteiger partial charge in [0, 0.05) is 18.2 Å². The second kappa shape index (κ2) is 9.65. The fraction of sp³-hybridized carbons (Fsp3) is 0.273. The summed E-state index contributed by atoms with van der Waals surface area (Å²) in [5.41, 5.74) is 1.49. The van der Waals surface area contributed by atoms with E-state index in [9.17, 15) is 19.7 Å². The van der Waals surface area contributed by atoms with Crippen molar-refractivity contribution in [1.82, 2.24) is 4.90 Å². The fourth-order valence-corrected chi connectivity index (χ4v) is 3.89. The van der Waals surface area contributed by atoms with Crippen LogP contribution in [0.4, 0.5) is 10.5 Å². The number of imide groups is 1. The lowest BCUT2D eigenvalue weighted by molar-refractivity contribution is -0.384. The lowest BCUT2D eigenvalue weighted by atomic mass is 10.1. The highest BCUT2D eigenvalue weighted by Crippen LogP contribution is 2.36. The number of carbonyl (C=O) groups excluding carboxylic acids is 2. The number of nitro benzene ring substituents is 1. The van der Waals surface area contributed by atoms with Crippen LogP contribution in [0.25, 0.3) is 6.08 Å². The van der Waals surface area contributed by atoms with E-state index >= 15 is 0 Å². The molecular formula is C22H22N2O6S. The molecule has 0 spiro atoms. The zero-order valence-electron chi connectivity index (χ0n) is 17.4. The van der Waals surface area contributed by atoms with Crippen molar-refractivity contribution in [2.45, 2.75) is 32.9 Å². The van der Waals surface area contributed by atoms with Crippen LogP contribution in [0.2, 0.25) is 0 Å². The molecule has 0 radical (unpaired) electrons. The number of benzene rings is 2. The molecule has 0 unspecified atom stereocenters. The zero-order chi connectivity index (χ0) is 22.5. The average molecular weight is 442 g/mol. The van der Waals surface area contributed by atoms with Crippen molar-refractivity contribution in [3.8, 4) is 11.5 Å². The van der Waals surface area contributed by atoms with Crippen LogP contribution in [-0.2, 0) is 11.4 Å². The minimum absolute atomic E-state index is 0.0171. The summed E-state index contributed by atoms with van der Waals surface area (Å²) in [6, 6.07) is 11.2. The third-order valence-corrected chi connectivity index (χ3v) is 5.77. The normalized spacial score (nSPS) is 16.0. The average Bonchev–Trinajstić information content (AvgIpc) is 3.05. The van der Waals surface area contributed by atoms with Crippen LogP contribution < -0.4 is 9.47 Å². The van der Waals surface area contributed by atoms with E-state index in [4.69, 9.17) is 9.47 Å². The number of nitro groups is 1. The molecule has 0 saturated carbocycles. The van der Waals surface area contributed by atoms with Gasteiger partial charge < -0.3 is 9.47 Å². The highest BCUT2D eigenvalue weighted by molar-refractivity contribution is 8.18. The number of hydrogen-bond acceptors (Lipinski definition) is 7. The molecule has 1 saturated heterocycles. The molecule has 162 valence electrons. The molecular weight excluding hydrogens is 420 g/mol. The van der Waals surface area contributed by atoms with Gasteiger partial charge in [0.05, 0.1) is 16.9 Å². The molecule has 9 heteroatoms. The zero-order valence-corrected chi connectivity index (χ0v) is 18.2. The van der Waals surface area contributed by atoms with E-state index in [0.717, 1.165) is 17.3 Å². The number of amides is 2. The second-order valence-electron chi connectivity index (χ2n) is 6.93. The summed E-state index contributed by atoms with van der Waals surface area (Å²) in [6.07, 6.45) is 2.36. The molecule has 31 heavy (non-hydrogen) atoms. The fourth-order valence-electron chi connectivity index (χ4n) is 2.96. The van der Waals surface area contributed by atoms with Crippen LogP contribution in [0, 0.1) is 10.1 Å². The SMILES string of the molecule is CC[C@@H](C)N1C(=O)S/C(=C/c2ccc(OCc3ccc([N+](=O)[O-])cc3)c(OC)c2)C1=O. The van der Waals surface area contributed by atoms with E-state index in [-0.39, 0.29) is 29.5 Å². The molecule has 0 bridgehead atoms. The molecule has 1 fully saturated rings. The minimum Gasteiger partial charge on any atom is -0.493 e. The molecule has 0 aliphatic carbocycles. The van der Waals surface area contributed by atoms with Gasteiger partial charge in [-0.3, -0.25) is 24.6 Å². The summed E-state index contributed by atoms with van der Waals surface area (Å²) in [7, 11) is 1.51. The van der Waals surface area contributed by atoms with E-state index < -0.39 is 4.92 Å². The molecule has 2 aromatic rings. The van der Waals surface area contributed by atoms with Gasteiger partial charge in [0.2, 0.25) is 0 Å². The number of ether oxygens (including phenoxy) is 2. The molecule has 8 nitrogen and oxygen atoms in total. The Balaban J connectivity index is 1.74. The van der Waals surface area contributed by atoms with Crippen molar-refractivity contribution >= 4 is 34.7 Å². The molecule has 2 aromatic carbocycles. The first-order valence-corrected chi connectivity index (χ1v) is 10.5. The van der Waals surface area contributed by atoms with Crippen LogP contribution in [0.5, 0.6) is 11.5 Å². The lowest BCUT2D eigenvalue weighted by Crippen LogP contribution is -2.36. The first-order valence-electron chi connectivity index (χ1n) is 9.65. The predicted octanol–water partition coefficient (Wildman–Crippen LogP) is 5.02. The molecule has 1 aliphatic heterocycles. The summed E-state index contributed by atoms with van der Waals surface area (Å²) in [5.74, 6) is 0.671. The van der Waals surface area contributed by atoms with Crippen molar-refractivity contribution in [1.29, 1.82) is 0 Å². The van der Waals surface area contributed by atoms with Crippen molar-refractivity contribution in [2.75, 3.05) is 7.11 Å². The largest absolute Gasteiger partial charge is 0.493 e. The Morgan fingerprint density at radius 3 is 2.48 bits per heavy atom. The van der Waals surface area contributed by atoms with Gasteiger partial charge in [-0.05, 0) is 66.6 Å². The highest BCUT2D eigenvalue weighted by Gasteiger charge is 2.37. The van der Waals surface area contributed by atoms with E-state index in [1.54, 1.807) is 36.4 Å². The number of rotatable bonds is 8. The summed E-state index contributed by atoms with van der Waals surface area (Å²) in [5, 5.41) is 10.5. The van der Waals surface area contributed by atoms with Gasteiger partial charge in [0.15, 0.2) is 11.5 Å². The Morgan fingerprint density at radius 2 is 1.87 bits per heavy atom. The van der Waals surface area contributed by atoms with Gasteiger partial charge in [0.1, 0.15) is 6.61 Å². The molecule has 1 aliphatic rings. The number of thioether (sulfide) groups is 1. The molecule has 0 N–H and O–H groups in total. The van der Waals surface area contributed by atoms with Crippen LogP contribution in [0.15, 0.2) is 47.4 Å². The Labute approximate surface area is 184 Å². The summed E-state index contributed by atoms with van der Waals surface area (Å²) >= 11 is 0.927. The first kappa shape index (κ1) is 22.4. The highest BCUT2D eigenvalue weighted by atomic mass is 32.2. The van der Waals surface area contributed by atoms with E-state index in [1.807, 2.05) is 13.8 Å². The maximum Gasteiger partial charge on any atom is 0.293 e. The third-order valence-electron chi connectivity index (χ3n) is 4.88. The third kappa shape index (κ3) is 5.05. The lowest BCUT2D eigenvalue weighted by Gasteiger charge is -2.19.